The minimum Gasteiger partial charge on any atom is -0.345 e. The summed E-state index contributed by atoms with van der Waals surface area (Å²) in [6, 6.07) is 5.24. The first kappa shape index (κ1) is 11.6. The van der Waals surface area contributed by atoms with Crippen LogP contribution < -0.4 is 5.43 Å². The molecule has 0 spiro atoms. The molecule has 0 saturated carbocycles. The van der Waals surface area contributed by atoms with Crippen molar-refractivity contribution in [2.75, 3.05) is 5.43 Å². The maximum atomic E-state index is 8.61. The minimum atomic E-state index is -0.211. The molecule has 18 heavy (non-hydrogen) atoms. The van der Waals surface area contributed by atoms with Gasteiger partial charge in [0.1, 0.15) is 12.1 Å². The van der Waals surface area contributed by atoms with E-state index in [2.05, 4.69) is 20.5 Å². The molecule has 0 bridgehead atoms. The van der Waals surface area contributed by atoms with E-state index in [9.17, 15) is 0 Å². The Hall–Kier alpha value is -2.86. The van der Waals surface area contributed by atoms with Crippen LogP contribution >= 0.6 is 0 Å². The Bertz CT molecular complexity index is 694. The van der Waals surface area contributed by atoms with Gasteiger partial charge in [-0.2, -0.15) is 15.6 Å². The highest BCUT2D eigenvalue weighted by molar-refractivity contribution is 6.10. The number of aryl methyl sites for hydroxylation is 1. The maximum Gasteiger partial charge on any atom is 0.237 e. The minimum absolute atomic E-state index is 0.211. The summed E-state index contributed by atoms with van der Waals surface area (Å²) in [6.45, 7) is 3.89. The van der Waals surface area contributed by atoms with Gasteiger partial charge in [-0.15, -0.1) is 0 Å². The summed E-state index contributed by atoms with van der Waals surface area (Å²) in [5.41, 5.74) is 7.06. The lowest BCUT2D eigenvalue weighted by atomic mass is 10.1. The number of aromatic nitrogens is 2. The number of nitriles is 2. The van der Waals surface area contributed by atoms with Crippen molar-refractivity contribution in [3.8, 4) is 12.1 Å². The molecule has 2 aromatic rings. The average molecular weight is 238 g/mol. The first-order valence-electron chi connectivity index (χ1n) is 5.24. The number of rotatable bonds is 2. The van der Waals surface area contributed by atoms with Crippen LogP contribution in [0.25, 0.3) is 11.0 Å². The van der Waals surface area contributed by atoms with E-state index in [0.717, 1.165) is 27.8 Å². The quantitative estimate of drug-likeness (QED) is 0.617. The molecule has 1 aromatic carbocycles. The molecule has 0 radical (unpaired) electrons. The molecule has 1 aromatic heterocycles. The third-order valence-electron chi connectivity index (χ3n) is 2.78. The van der Waals surface area contributed by atoms with E-state index >= 15 is 0 Å². The Labute approximate surface area is 104 Å². The summed E-state index contributed by atoms with van der Waals surface area (Å²) < 4.78 is 0. The van der Waals surface area contributed by atoms with Crippen LogP contribution in [-0.4, -0.2) is 15.7 Å². The van der Waals surface area contributed by atoms with Crippen molar-refractivity contribution in [2.45, 2.75) is 13.8 Å². The predicted octanol–water partition coefficient (Wildman–Crippen LogP) is 1.99. The van der Waals surface area contributed by atoms with Gasteiger partial charge in [0, 0.05) is 0 Å². The molecule has 0 aliphatic rings. The number of imidazole rings is 1. The molecular weight excluding hydrogens is 228 g/mol. The number of aromatic amines is 1. The van der Waals surface area contributed by atoms with Crippen LogP contribution in [0.3, 0.4) is 0 Å². The highest BCUT2D eigenvalue weighted by Gasteiger charge is 2.08. The highest BCUT2D eigenvalue weighted by atomic mass is 15.3. The number of hydrazone groups is 1. The van der Waals surface area contributed by atoms with Crippen molar-refractivity contribution >= 4 is 22.4 Å². The Morgan fingerprint density at radius 1 is 1.33 bits per heavy atom. The van der Waals surface area contributed by atoms with Gasteiger partial charge < -0.3 is 4.98 Å². The van der Waals surface area contributed by atoms with Gasteiger partial charge in [0.15, 0.2) is 0 Å². The zero-order chi connectivity index (χ0) is 13.1. The molecule has 0 aliphatic heterocycles. The molecule has 0 fully saturated rings. The summed E-state index contributed by atoms with van der Waals surface area (Å²) in [5.74, 6) is 0. The number of benzene rings is 1. The zero-order valence-corrected chi connectivity index (χ0v) is 9.94. The molecule has 0 saturated heterocycles. The van der Waals surface area contributed by atoms with Crippen molar-refractivity contribution in [1.82, 2.24) is 9.97 Å². The van der Waals surface area contributed by atoms with Crippen molar-refractivity contribution in [1.29, 1.82) is 10.5 Å². The van der Waals surface area contributed by atoms with Crippen molar-refractivity contribution in [3.63, 3.8) is 0 Å². The Morgan fingerprint density at radius 3 is 2.72 bits per heavy atom. The van der Waals surface area contributed by atoms with Crippen LogP contribution in [0.5, 0.6) is 0 Å². The molecule has 6 nitrogen and oxygen atoms in total. The van der Waals surface area contributed by atoms with Crippen molar-refractivity contribution in [2.24, 2.45) is 5.10 Å². The lowest BCUT2D eigenvalue weighted by Gasteiger charge is -2.08. The largest absolute Gasteiger partial charge is 0.345 e. The van der Waals surface area contributed by atoms with Gasteiger partial charge in [-0.05, 0) is 31.0 Å². The lowest BCUT2D eigenvalue weighted by Crippen LogP contribution is -1.99. The SMILES string of the molecule is Cc1c(NN=C(C#N)C#N)cc2[nH]cnc2c1C. The average Bonchev–Trinajstić information content (AvgIpc) is 2.84. The molecule has 6 heteroatoms. The van der Waals surface area contributed by atoms with Gasteiger partial charge in [0.2, 0.25) is 5.71 Å². The van der Waals surface area contributed by atoms with E-state index in [-0.39, 0.29) is 5.71 Å². The topological polar surface area (TPSA) is 101 Å². The van der Waals surface area contributed by atoms with Crippen LogP contribution in [0.4, 0.5) is 5.69 Å². The van der Waals surface area contributed by atoms with Gasteiger partial charge in [-0.25, -0.2) is 4.98 Å². The molecule has 1 heterocycles. The number of hydrogen-bond donors (Lipinski definition) is 2. The fourth-order valence-electron chi connectivity index (χ4n) is 1.65. The number of anilines is 1. The molecule has 2 N–H and O–H groups in total. The molecule has 0 amide bonds. The number of hydrogen-bond acceptors (Lipinski definition) is 5. The maximum absolute atomic E-state index is 8.61. The lowest BCUT2D eigenvalue weighted by molar-refractivity contribution is 1.27. The number of H-pyrrole nitrogens is 1. The van der Waals surface area contributed by atoms with Gasteiger partial charge >= 0.3 is 0 Å². The van der Waals surface area contributed by atoms with E-state index in [1.54, 1.807) is 18.5 Å². The van der Waals surface area contributed by atoms with Crippen LogP contribution in [-0.2, 0) is 0 Å². The number of fused-ring (bicyclic) bond motifs is 1. The van der Waals surface area contributed by atoms with Gasteiger partial charge in [0.05, 0.1) is 23.0 Å². The second-order valence-corrected chi connectivity index (χ2v) is 3.77. The molecular formula is C12H10N6. The fourth-order valence-corrected chi connectivity index (χ4v) is 1.65. The summed E-state index contributed by atoms with van der Waals surface area (Å²) in [7, 11) is 0. The summed E-state index contributed by atoms with van der Waals surface area (Å²) in [5, 5.41) is 20.9. The monoisotopic (exact) mass is 238 g/mol. The van der Waals surface area contributed by atoms with Gasteiger partial charge in [-0.3, -0.25) is 5.43 Å². The van der Waals surface area contributed by atoms with Crippen molar-refractivity contribution in [3.05, 3.63) is 23.5 Å². The van der Waals surface area contributed by atoms with E-state index in [0.29, 0.717) is 0 Å². The molecule has 0 atom stereocenters. The number of nitrogens with one attached hydrogen (secondary N) is 2. The van der Waals surface area contributed by atoms with Gasteiger partial charge in [-0.1, -0.05) is 0 Å². The van der Waals surface area contributed by atoms with Crippen LogP contribution in [0.2, 0.25) is 0 Å². The summed E-state index contributed by atoms with van der Waals surface area (Å²) in [6.07, 6.45) is 1.63. The summed E-state index contributed by atoms with van der Waals surface area (Å²) in [4.78, 5) is 7.24. The Morgan fingerprint density at radius 2 is 2.06 bits per heavy atom. The number of nitrogens with zero attached hydrogens (tertiary/aromatic N) is 4. The first-order valence-corrected chi connectivity index (χ1v) is 5.24. The second-order valence-electron chi connectivity index (χ2n) is 3.77. The first-order chi connectivity index (χ1) is 8.67. The summed E-state index contributed by atoms with van der Waals surface area (Å²) >= 11 is 0. The molecule has 0 aliphatic carbocycles. The van der Waals surface area contributed by atoms with Crippen LogP contribution in [0.1, 0.15) is 11.1 Å². The zero-order valence-electron chi connectivity index (χ0n) is 9.94. The normalized spacial score (nSPS) is 9.56. The smallest absolute Gasteiger partial charge is 0.237 e. The third-order valence-corrected chi connectivity index (χ3v) is 2.78. The standard InChI is InChI=1S/C12H10N6/c1-7-8(2)12-11(15-6-16-12)3-10(7)18-17-9(4-13)5-14/h3,6,18H,1-2H3,(H,15,16). The van der Waals surface area contributed by atoms with Gasteiger partial charge in [0.25, 0.3) is 0 Å². The second kappa shape index (κ2) is 4.56. The highest BCUT2D eigenvalue weighted by Crippen LogP contribution is 2.26. The molecule has 88 valence electrons. The van der Waals surface area contributed by atoms with E-state index < -0.39 is 0 Å². The van der Waals surface area contributed by atoms with Crippen LogP contribution in [0.15, 0.2) is 17.5 Å². The van der Waals surface area contributed by atoms with Crippen molar-refractivity contribution < 1.29 is 0 Å². The van der Waals surface area contributed by atoms with Crippen LogP contribution in [0, 0.1) is 36.5 Å². The Kier molecular flexibility index (Phi) is 2.94. The third kappa shape index (κ3) is 1.87. The predicted molar refractivity (Wildman–Crippen MR) is 67.9 cm³/mol. The van der Waals surface area contributed by atoms with E-state index in [1.807, 2.05) is 19.9 Å². The van der Waals surface area contributed by atoms with E-state index in [1.165, 1.54) is 0 Å². The fraction of sp³-hybridized carbons (Fsp3) is 0.167. The Balaban J connectivity index is 2.47. The van der Waals surface area contributed by atoms with E-state index in [4.69, 9.17) is 10.5 Å². The molecule has 0 unspecified atom stereocenters. The molecule has 2 rings (SSSR count).